The number of amides is 1. The fraction of sp³-hybridized carbons (Fsp3) is 0.609. The quantitative estimate of drug-likeness (QED) is 0.324. The molecule has 4 bridgehead atoms. The average molecular weight is 411 g/mol. The summed E-state index contributed by atoms with van der Waals surface area (Å²) in [6, 6.07) is 7.43. The molecule has 0 radical (unpaired) electrons. The highest BCUT2D eigenvalue weighted by Crippen LogP contribution is 2.60. The van der Waals surface area contributed by atoms with Crippen LogP contribution in [0.1, 0.15) is 46.0 Å². The summed E-state index contributed by atoms with van der Waals surface area (Å²) in [6.45, 7) is 3.81. The molecule has 0 saturated heterocycles. The number of ether oxygens (including phenoxy) is 2. The van der Waals surface area contributed by atoms with Gasteiger partial charge in [-0.05, 0) is 88.0 Å². The van der Waals surface area contributed by atoms with Crippen LogP contribution in [0.3, 0.4) is 0 Å². The summed E-state index contributed by atoms with van der Waals surface area (Å²) in [5.74, 6) is 3.02. The Labute approximate surface area is 177 Å². The Hall–Kier alpha value is -2.75. The van der Waals surface area contributed by atoms with Gasteiger partial charge < -0.3 is 15.2 Å². The van der Waals surface area contributed by atoms with Gasteiger partial charge in [-0.2, -0.15) is 5.26 Å². The molecule has 4 saturated carbocycles. The maximum Gasteiger partial charge on any atom is 0.223 e. The van der Waals surface area contributed by atoms with E-state index < -0.39 is 5.60 Å². The third-order valence-corrected chi connectivity index (χ3v) is 7.20. The number of methoxy groups -OCH3 is 1. The van der Waals surface area contributed by atoms with E-state index in [0.717, 1.165) is 37.9 Å². The Morgan fingerprint density at radius 1 is 1.20 bits per heavy atom. The zero-order chi connectivity index (χ0) is 21.5. The molecule has 30 heavy (non-hydrogen) atoms. The molecule has 1 aromatic carbocycles. The number of nitriles is 1. The monoisotopic (exact) mass is 410 g/mol. The van der Waals surface area contributed by atoms with Gasteiger partial charge in [0.15, 0.2) is 17.6 Å². The highest BCUT2D eigenvalue weighted by atomic mass is 16.5. The number of primary amides is 1. The fourth-order valence-electron chi connectivity index (χ4n) is 6.04. The van der Waals surface area contributed by atoms with Crippen molar-refractivity contribution in [3.05, 3.63) is 24.3 Å². The molecule has 1 aromatic rings. The van der Waals surface area contributed by atoms with Crippen molar-refractivity contribution in [2.75, 3.05) is 7.11 Å². The minimum atomic E-state index is -0.819. The van der Waals surface area contributed by atoms with Crippen molar-refractivity contribution in [1.82, 2.24) is 5.32 Å². The van der Waals surface area contributed by atoms with E-state index in [1.54, 1.807) is 7.11 Å². The molecule has 4 aliphatic rings. The maximum atomic E-state index is 12.2. The van der Waals surface area contributed by atoms with Gasteiger partial charge in [-0.25, -0.2) is 0 Å². The van der Waals surface area contributed by atoms with E-state index in [-0.39, 0.29) is 17.4 Å². The molecule has 4 fully saturated rings. The van der Waals surface area contributed by atoms with Crippen molar-refractivity contribution >= 4 is 11.7 Å². The normalized spacial score (nSPS) is 32.4. The molecule has 4 aliphatic carbocycles. The lowest BCUT2D eigenvalue weighted by Crippen LogP contribution is -2.58. The number of amidine groups is 1. The Morgan fingerprint density at radius 3 is 2.33 bits per heavy atom. The molecular weight excluding hydrogens is 380 g/mol. The number of nitrogens with two attached hydrogens (primary N) is 1. The summed E-state index contributed by atoms with van der Waals surface area (Å²) in [7, 11) is 1.62. The highest BCUT2D eigenvalue weighted by Gasteiger charge is 2.58. The third kappa shape index (κ3) is 3.60. The molecule has 7 heteroatoms. The summed E-state index contributed by atoms with van der Waals surface area (Å²) >= 11 is 0. The van der Waals surface area contributed by atoms with Crippen molar-refractivity contribution in [2.45, 2.75) is 57.6 Å². The molecule has 2 unspecified atom stereocenters. The maximum absolute atomic E-state index is 12.2. The molecule has 0 aromatic heterocycles. The fourth-order valence-corrected chi connectivity index (χ4v) is 6.04. The number of nitrogens with zero attached hydrogens (tertiary/aromatic N) is 2. The van der Waals surface area contributed by atoms with Crippen LogP contribution in [0, 0.1) is 34.6 Å². The van der Waals surface area contributed by atoms with E-state index in [1.807, 2.05) is 44.3 Å². The number of hydrogen-bond acceptors (Lipinski definition) is 5. The van der Waals surface area contributed by atoms with Crippen LogP contribution in [0.15, 0.2) is 29.3 Å². The molecule has 160 valence electrons. The first-order chi connectivity index (χ1) is 14.3. The molecule has 3 N–H and O–H groups in total. The van der Waals surface area contributed by atoms with E-state index in [1.165, 1.54) is 0 Å². The number of rotatable bonds is 6. The van der Waals surface area contributed by atoms with Crippen molar-refractivity contribution in [3.63, 3.8) is 0 Å². The first-order valence-corrected chi connectivity index (χ1v) is 10.6. The molecular formula is C23H30N4O3. The van der Waals surface area contributed by atoms with Gasteiger partial charge in [0.1, 0.15) is 11.5 Å². The molecule has 0 spiro atoms. The lowest BCUT2D eigenvalue weighted by Gasteiger charge is -2.57. The minimum Gasteiger partial charge on any atom is -0.497 e. The van der Waals surface area contributed by atoms with E-state index in [2.05, 4.69) is 5.32 Å². The molecule has 2 atom stereocenters. The largest absolute Gasteiger partial charge is 0.497 e. The van der Waals surface area contributed by atoms with Crippen LogP contribution in [0.5, 0.6) is 11.5 Å². The van der Waals surface area contributed by atoms with Crippen LogP contribution in [0.4, 0.5) is 0 Å². The number of aliphatic imine (C=N–C) groups is 1. The Balaban J connectivity index is 1.58. The van der Waals surface area contributed by atoms with Gasteiger partial charge >= 0.3 is 0 Å². The van der Waals surface area contributed by atoms with E-state index in [0.29, 0.717) is 29.3 Å². The lowest BCUT2D eigenvalue weighted by molar-refractivity contribution is -0.144. The predicted molar refractivity (Wildman–Crippen MR) is 113 cm³/mol. The Bertz CT molecular complexity index is 871. The second-order valence-corrected chi connectivity index (χ2v) is 9.61. The third-order valence-electron chi connectivity index (χ3n) is 7.20. The second-order valence-electron chi connectivity index (χ2n) is 9.61. The van der Waals surface area contributed by atoms with Gasteiger partial charge in [-0.1, -0.05) is 0 Å². The predicted octanol–water partition coefficient (Wildman–Crippen LogP) is 3.00. The number of carbonyl (C=O) groups excluding carboxylic acids is 1. The average Bonchev–Trinajstić information content (AvgIpc) is 2.69. The van der Waals surface area contributed by atoms with Crippen LogP contribution in [-0.4, -0.2) is 30.5 Å². The summed E-state index contributed by atoms with van der Waals surface area (Å²) in [4.78, 5) is 17.2. The zero-order valence-corrected chi connectivity index (χ0v) is 17.9. The standard InChI is InChI=1S/C23H30N4O3/c1-22(2,30-18-6-4-17(29-3)5-7-18)21(26-13-24)27-19-15-8-14-9-16(19)12-23(10-14,11-15)20(25)28/h4-7,14-16,19H,8-12H2,1-3H3,(H2,25,28)(H,26,27). The first kappa shape index (κ1) is 20.5. The molecule has 1 amide bonds. The van der Waals surface area contributed by atoms with Crippen molar-refractivity contribution in [1.29, 1.82) is 5.26 Å². The van der Waals surface area contributed by atoms with E-state index in [4.69, 9.17) is 20.2 Å². The molecule has 7 nitrogen and oxygen atoms in total. The van der Waals surface area contributed by atoms with Crippen molar-refractivity contribution in [2.24, 2.45) is 33.9 Å². The van der Waals surface area contributed by atoms with E-state index >= 15 is 0 Å². The Morgan fingerprint density at radius 2 is 1.80 bits per heavy atom. The number of benzene rings is 1. The van der Waals surface area contributed by atoms with Gasteiger partial charge in [0.2, 0.25) is 5.91 Å². The van der Waals surface area contributed by atoms with E-state index in [9.17, 15) is 10.1 Å². The smallest absolute Gasteiger partial charge is 0.223 e. The van der Waals surface area contributed by atoms with Crippen molar-refractivity contribution < 1.29 is 14.3 Å². The SMILES string of the molecule is COc1ccc(OC(C)(C)C(=NC2C3CC4CC2CC(C(N)=O)(C4)C3)NC#N)cc1. The van der Waals surface area contributed by atoms with Gasteiger partial charge in [0.25, 0.3) is 0 Å². The number of nitrogens with one attached hydrogen (secondary N) is 1. The number of hydrogen-bond donors (Lipinski definition) is 2. The zero-order valence-electron chi connectivity index (χ0n) is 17.9. The van der Waals surface area contributed by atoms with Crippen LogP contribution in [-0.2, 0) is 4.79 Å². The van der Waals surface area contributed by atoms with Crippen LogP contribution < -0.4 is 20.5 Å². The van der Waals surface area contributed by atoms with Gasteiger partial charge in [-0.15, -0.1) is 0 Å². The van der Waals surface area contributed by atoms with Crippen LogP contribution in [0.2, 0.25) is 0 Å². The van der Waals surface area contributed by atoms with Crippen LogP contribution >= 0.6 is 0 Å². The second kappa shape index (κ2) is 7.50. The molecule has 0 aliphatic heterocycles. The summed E-state index contributed by atoms with van der Waals surface area (Å²) in [5.41, 5.74) is 4.64. The van der Waals surface area contributed by atoms with Gasteiger partial charge in [0.05, 0.1) is 13.2 Å². The van der Waals surface area contributed by atoms with Crippen LogP contribution in [0.25, 0.3) is 0 Å². The molecule has 5 rings (SSSR count). The molecule has 0 heterocycles. The summed E-state index contributed by atoms with van der Waals surface area (Å²) in [5, 5.41) is 12.1. The Kier molecular flexibility index (Phi) is 5.13. The minimum absolute atomic E-state index is 0.0867. The highest BCUT2D eigenvalue weighted by molar-refractivity contribution is 5.91. The van der Waals surface area contributed by atoms with Gasteiger partial charge in [0, 0.05) is 5.41 Å². The van der Waals surface area contributed by atoms with Crippen molar-refractivity contribution in [3.8, 4) is 17.7 Å². The first-order valence-electron chi connectivity index (χ1n) is 10.6. The summed E-state index contributed by atoms with van der Waals surface area (Å²) < 4.78 is 11.4. The van der Waals surface area contributed by atoms with Gasteiger partial charge in [-0.3, -0.25) is 15.1 Å². The topological polar surface area (TPSA) is 110 Å². The summed E-state index contributed by atoms with van der Waals surface area (Å²) in [6.07, 6.45) is 6.74. The lowest BCUT2D eigenvalue weighted by atomic mass is 9.48. The number of carbonyl (C=O) groups is 1.